The van der Waals surface area contributed by atoms with Crippen LogP contribution in [0, 0.1) is 0 Å². The fourth-order valence-corrected chi connectivity index (χ4v) is 1.51. The average molecular weight is 298 g/mol. The molecule has 0 aliphatic carbocycles. The summed E-state index contributed by atoms with van der Waals surface area (Å²) >= 11 is 0. The van der Waals surface area contributed by atoms with Gasteiger partial charge in [0.2, 0.25) is 0 Å². The predicted molar refractivity (Wildman–Crippen MR) is 36.4 cm³/mol. The Morgan fingerprint density at radius 3 is 1.35 bits per heavy atom. The van der Waals surface area contributed by atoms with E-state index in [1.54, 1.807) is 0 Å². The quantitative estimate of drug-likeness (QED) is 0.637. The fraction of sp³-hybridized carbons (Fsp3) is 1.00. The molecule has 0 aliphatic rings. The van der Waals surface area contributed by atoms with E-state index in [1.807, 2.05) is 0 Å². The van der Waals surface area contributed by atoms with Crippen molar-refractivity contribution in [3.63, 3.8) is 0 Å². The molecule has 0 spiro atoms. The first-order valence-corrected chi connectivity index (χ1v) is 5.19. The zero-order valence-electron chi connectivity index (χ0n) is 7.70. The number of rotatable bonds is 3. The zero-order valence-corrected chi connectivity index (χ0v) is 8.60. The molecular weight excluding hydrogens is 294 g/mol. The molecule has 0 heterocycles. The molecule has 1 unspecified atom stereocenters. The predicted octanol–water partition coefficient (Wildman–Crippen LogP) is 3.66. The maximum absolute atomic E-state index is 12.5. The molecule has 1 atom stereocenters. The summed E-state index contributed by atoms with van der Waals surface area (Å²) in [6.07, 6.45) is 0. The van der Waals surface area contributed by atoms with Gasteiger partial charge in [0.05, 0.1) is 0 Å². The standard InChI is InChI=1S/C5H4F9O2P/c1-2(6,7)3(8,9)4(10,11)17(15,16)5(12,13)14/h1H3,(H,15,16). The van der Waals surface area contributed by atoms with Gasteiger partial charge < -0.3 is 4.89 Å². The molecule has 2 nitrogen and oxygen atoms in total. The van der Waals surface area contributed by atoms with Crippen LogP contribution in [0.2, 0.25) is 0 Å². The molecule has 1 N–H and O–H groups in total. The monoisotopic (exact) mass is 298 g/mol. The van der Waals surface area contributed by atoms with E-state index in [9.17, 15) is 44.1 Å². The Kier molecular flexibility index (Phi) is 3.68. The van der Waals surface area contributed by atoms with Crippen LogP contribution in [0.5, 0.6) is 0 Å². The van der Waals surface area contributed by atoms with Crippen molar-refractivity contribution in [1.82, 2.24) is 0 Å². The van der Waals surface area contributed by atoms with E-state index in [-0.39, 0.29) is 0 Å². The minimum atomic E-state index is -7.86. The zero-order chi connectivity index (χ0) is 14.5. The summed E-state index contributed by atoms with van der Waals surface area (Å²) in [5, 5.41) is 0. The third kappa shape index (κ3) is 2.26. The Morgan fingerprint density at radius 2 is 1.18 bits per heavy atom. The second-order valence-electron chi connectivity index (χ2n) is 3.05. The van der Waals surface area contributed by atoms with Gasteiger partial charge >= 0.3 is 30.8 Å². The largest absolute Gasteiger partial charge is 0.471 e. The van der Waals surface area contributed by atoms with Crippen LogP contribution >= 0.6 is 7.37 Å². The normalized spacial score (nSPS) is 19.0. The highest BCUT2D eigenvalue weighted by Crippen LogP contribution is 2.73. The molecule has 0 aromatic carbocycles. The molecule has 0 saturated heterocycles. The van der Waals surface area contributed by atoms with E-state index in [0.29, 0.717) is 0 Å². The molecular formula is C5H4F9O2P. The van der Waals surface area contributed by atoms with Crippen molar-refractivity contribution in [2.24, 2.45) is 0 Å². The van der Waals surface area contributed by atoms with Gasteiger partial charge in [0.15, 0.2) is 0 Å². The lowest BCUT2D eigenvalue weighted by Crippen LogP contribution is -2.53. The first-order chi connectivity index (χ1) is 7.00. The summed E-state index contributed by atoms with van der Waals surface area (Å²) in [6, 6.07) is 0. The summed E-state index contributed by atoms with van der Waals surface area (Å²) < 4.78 is 119. The number of alkyl halides is 9. The van der Waals surface area contributed by atoms with Gasteiger partial charge in [-0.25, -0.2) is 0 Å². The second-order valence-corrected chi connectivity index (χ2v) is 5.27. The summed E-state index contributed by atoms with van der Waals surface area (Å²) in [5.41, 5.74) is -6.84. The topological polar surface area (TPSA) is 37.3 Å². The van der Waals surface area contributed by atoms with Crippen molar-refractivity contribution in [3.8, 4) is 0 Å². The Balaban J connectivity index is 5.83. The number of hydrogen-bond donors (Lipinski definition) is 1. The average Bonchev–Trinajstić information content (AvgIpc) is 1.98. The lowest BCUT2D eigenvalue weighted by atomic mass is 10.2. The molecule has 12 heteroatoms. The smallest absolute Gasteiger partial charge is 0.334 e. The van der Waals surface area contributed by atoms with Crippen molar-refractivity contribution < 1.29 is 49.0 Å². The number of halogens is 9. The Morgan fingerprint density at radius 1 is 0.882 bits per heavy atom. The third-order valence-electron chi connectivity index (χ3n) is 1.65. The van der Waals surface area contributed by atoms with Crippen molar-refractivity contribution in [2.45, 2.75) is 30.3 Å². The highest BCUT2D eigenvalue weighted by molar-refractivity contribution is 7.60. The molecule has 0 amide bonds. The van der Waals surface area contributed by atoms with Gasteiger partial charge in [-0.1, -0.05) is 0 Å². The summed E-state index contributed by atoms with van der Waals surface area (Å²) in [5.74, 6) is -18.9. The first-order valence-electron chi connectivity index (χ1n) is 3.53. The van der Waals surface area contributed by atoms with E-state index in [4.69, 9.17) is 4.89 Å². The van der Waals surface area contributed by atoms with Crippen molar-refractivity contribution >= 4 is 7.37 Å². The molecule has 17 heavy (non-hydrogen) atoms. The van der Waals surface area contributed by atoms with E-state index < -0.39 is 37.7 Å². The molecule has 0 bridgehead atoms. The van der Waals surface area contributed by atoms with Gasteiger partial charge in [0, 0.05) is 6.92 Å². The van der Waals surface area contributed by atoms with Gasteiger partial charge in [0.25, 0.3) is 0 Å². The van der Waals surface area contributed by atoms with Gasteiger partial charge in [-0.15, -0.1) is 0 Å². The summed E-state index contributed by atoms with van der Waals surface area (Å²) in [6.45, 7) is -0.794. The molecule has 0 fully saturated rings. The van der Waals surface area contributed by atoms with E-state index in [1.165, 1.54) is 0 Å². The molecule has 0 rings (SSSR count). The summed E-state index contributed by atoms with van der Waals surface area (Å²) in [4.78, 5) is 7.94. The van der Waals surface area contributed by atoms with Crippen LogP contribution in [-0.2, 0) is 4.57 Å². The van der Waals surface area contributed by atoms with Crippen molar-refractivity contribution in [3.05, 3.63) is 0 Å². The van der Waals surface area contributed by atoms with Crippen LogP contribution in [0.15, 0.2) is 0 Å². The third-order valence-corrected chi connectivity index (χ3v) is 3.38. The molecule has 0 saturated carbocycles. The fourth-order valence-electron chi connectivity index (χ4n) is 0.614. The van der Waals surface area contributed by atoms with Crippen LogP contribution in [-0.4, -0.2) is 28.3 Å². The maximum atomic E-state index is 12.5. The Hall–Kier alpha value is -0.440. The molecule has 104 valence electrons. The lowest BCUT2D eigenvalue weighted by molar-refractivity contribution is -0.278. The highest BCUT2D eigenvalue weighted by Gasteiger charge is 2.82. The van der Waals surface area contributed by atoms with Gasteiger partial charge in [-0.05, 0) is 0 Å². The van der Waals surface area contributed by atoms with Gasteiger partial charge in [-0.2, -0.15) is 39.5 Å². The molecule has 0 aliphatic heterocycles. The van der Waals surface area contributed by atoms with Crippen molar-refractivity contribution in [1.29, 1.82) is 0 Å². The minimum Gasteiger partial charge on any atom is -0.334 e. The SMILES string of the molecule is CC(F)(F)C(F)(F)C(F)(F)P(=O)(O)C(F)(F)F. The molecule has 0 radical (unpaired) electrons. The van der Waals surface area contributed by atoms with Crippen LogP contribution in [0.25, 0.3) is 0 Å². The maximum Gasteiger partial charge on any atom is 0.471 e. The van der Waals surface area contributed by atoms with Crippen molar-refractivity contribution in [2.75, 3.05) is 0 Å². The van der Waals surface area contributed by atoms with E-state index >= 15 is 0 Å². The van der Waals surface area contributed by atoms with Gasteiger partial charge in [-0.3, -0.25) is 4.57 Å². The van der Waals surface area contributed by atoms with E-state index in [0.717, 1.165) is 0 Å². The lowest BCUT2D eigenvalue weighted by Gasteiger charge is -2.33. The van der Waals surface area contributed by atoms with Crippen LogP contribution < -0.4 is 0 Å². The minimum absolute atomic E-state index is 0.794. The molecule has 0 aromatic heterocycles. The number of hydrogen-bond acceptors (Lipinski definition) is 1. The summed E-state index contributed by atoms with van der Waals surface area (Å²) in [7, 11) is -7.86. The molecule has 0 aromatic rings. The Labute approximate surface area is 87.9 Å². The Bertz CT molecular complexity index is 340. The highest BCUT2D eigenvalue weighted by atomic mass is 31.2. The second kappa shape index (κ2) is 3.78. The van der Waals surface area contributed by atoms with E-state index in [2.05, 4.69) is 0 Å². The van der Waals surface area contributed by atoms with Crippen LogP contribution in [0.1, 0.15) is 6.92 Å². The first kappa shape index (κ1) is 16.6. The van der Waals surface area contributed by atoms with Crippen LogP contribution in [0.3, 0.4) is 0 Å². The van der Waals surface area contributed by atoms with Gasteiger partial charge in [0.1, 0.15) is 0 Å². The van der Waals surface area contributed by atoms with Crippen LogP contribution in [0.4, 0.5) is 39.5 Å².